The molecule has 1 fully saturated rings. The molecule has 1 aliphatic heterocycles. The Morgan fingerprint density at radius 3 is 2.36 bits per heavy atom. The molecule has 2 N–H and O–H groups in total. The number of rotatable bonds is 1. The van der Waals surface area contributed by atoms with Gasteiger partial charge in [0.1, 0.15) is 19.1 Å². The Bertz CT molecular complexity index is 376. The van der Waals surface area contributed by atoms with E-state index in [2.05, 4.69) is 25.9 Å². The fourth-order valence-corrected chi connectivity index (χ4v) is 0.942. The highest BCUT2D eigenvalue weighted by molar-refractivity contribution is 6.15. The lowest BCUT2D eigenvalue weighted by Crippen LogP contribution is -2.51. The molecule has 0 atom stereocenters. The number of guanidine groups is 1. The molecule has 2 rings (SSSR count). The van der Waals surface area contributed by atoms with Gasteiger partial charge in [-0.2, -0.15) is 0 Å². The standard InChI is InChI=1S/C6H6N6O2/c13-4-1-5(14)10-6(9-4)11-12-2-7-8-3-12/h2-3H,1H2,(H2,9,10,11,13,14). The lowest BCUT2D eigenvalue weighted by atomic mass is 10.3. The topological polar surface area (TPSA) is 101 Å². The predicted molar refractivity (Wildman–Crippen MR) is 43.8 cm³/mol. The molecule has 8 heteroatoms. The van der Waals surface area contributed by atoms with Crippen LogP contribution in [0.2, 0.25) is 0 Å². The van der Waals surface area contributed by atoms with Crippen molar-refractivity contribution in [2.75, 3.05) is 0 Å². The van der Waals surface area contributed by atoms with Crippen molar-refractivity contribution in [3.05, 3.63) is 12.7 Å². The number of amides is 2. The molecular formula is C6H6N6O2. The average molecular weight is 194 g/mol. The third-order valence-electron chi connectivity index (χ3n) is 1.46. The van der Waals surface area contributed by atoms with Crippen molar-refractivity contribution in [1.29, 1.82) is 0 Å². The lowest BCUT2D eigenvalue weighted by Gasteiger charge is -2.14. The SMILES string of the molecule is O=C1CC(=O)NC(=Nn2cnnc2)N1. The van der Waals surface area contributed by atoms with Crippen molar-refractivity contribution in [2.24, 2.45) is 5.10 Å². The second kappa shape index (κ2) is 3.24. The van der Waals surface area contributed by atoms with Crippen LogP contribution in [0.4, 0.5) is 0 Å². The molecule has 0 unspecified atom stereocenters. The van der Waals surface area contributed by atoms with E-state index in [4.69, 9.17) is 0 Å². The molecule has 0 bridgehead atoms. The summed E-state index contributed by atoms with van der Waals surface area (Å²) in [4.78, 5) is 21.8. The maximum absolute atomic E-state index is 10.9. The zero-order valence-corrected chi connectivity index (χ0v) is 6.97. The molecule has 1 aromatic rings. The number of aromatic nitrogens is 3. The Labute approximate surface area is 78.0 Å². The van der Waals surface area contributed by atoms with Gasteiger partial charge >= 0.3 is 0 Å². The Morgan fingerprint density at radius 1 is 1.21 bits per heavy atom. The van der Waals surface area contributed by atoms with E-state index in [-0.39, 0.29) is 24.2 Å². The molecule has 0 spiro atoms. The normalized spacial score (nSPS) is 16.1. The minimum Gasteiger partial charge on any atom is -0.294 e. The van der Waals surface area contributed by atoms with Crippen LogP contribution in [-0.4, -0.2) is 32.6 Å². The monoisotopic (exact) mass is 194 g/mol. The summed E-state index contributed by atoms with van der Waals surface area (Å²) >= 11 is 0. The smallest absolute Gasteiger partial charge is 0.236 e. The summed E-state index contributed by atoms with van der Waals surface area (Å²) in [5.41, 5.74) is 0. The quantitative estimate of drug-likeness (QED) is 0.506. The summed E-state index contributed by atoms with van der Waals surface area (Å²) in [6.45, 7) is 0. The molecule has 72 valence electrons. The van der Waals surface area contributed by atoms with E-state index in [0.29, 0.717) is 0 Å². The van der Waals surface area contributed by atoms with Gasteiger partial charge in [-0.15, -0.1) is 15.3 Å². The van der Waals surface area contributed by atoms with E-state index in [1.54, 1.807) is 0 Å². The minimum absolute atomic E-state index is 0.0750. The van der Waals surface area contributed by atoms with Crippen molar-refractivity contribution in [1.82, 2.24) is 25.5 Å². The summed E-state index contributed by atoms with van der Waals surface area (Å²) in [5.74, 6) is -0.702. The van der Waals surface area contributed by atoms with Crippen LogP contribution in [0.5, 0.6) is 0 Å². The number of hydrogen-bond acceptors (Lipinski definition) is 5. The number of nitrogens with one attached hydrogen (secondary N) is 2. The van der Waals surface area contributed by atoms with Gasteiger partial charge in [-0.05, 0) is 0 Å². The maximum Gasteiger partial charge on any atom is 0.236 e. The van der Waals surface area contributed by atoms with Gasteiger partial charge < -0.3 is 0 Å². The van der Waals surface area contributed by atoms with Gasteiger partial charge in [0, 0.05) is 0 Å². The summed E-state index contributed by atoms with van der Waals surface area (Å²) in [5, 5.41) is 15.6. The highest BCUT2D eigenvalue weighted by atomic mass is 16.2. The Kier molecular flexibility index (Phi) is 1.94. The van der Waals surface area contributed by atoms with Crippen LogP contribution in [0.3, 0.4) is 0 Å². The Balaban J connectivity index is 2.18. The second-order valence-electron chi connectivity index (χ2n) is 2.56. The fourth-order valence-electron chi connectivity index (χ4n) is 0.942. The van der Waals surface area contributed by atoms with E-state index in [1.165, 1.54) is 17.3 Å². The molecule has 14 heavy (non-hydrogen) atoms. The molecule has 0 aliphatic carbocycles. The first-order valence-electron chi connectivity index (χ1n) is 3.77. The van der Waals surface area contributed by atoms with Crippen molar-refractivity contribution >= 4 is 17.8 Å². The van der Waals surface area contributed by atoms with Gasteiger partial charge in [0.05, 0.1) is 0 Å². The molecule has 0 aromatic carbocycles. The molecule has 2 heterocycles. The van der Waals surface area contributed by atoms with Gasteiger partial charge in [-0.25, -0.2) is 4.68 Å². The summed E-state index contributed by atoms with van der Waals surface area (Å²) in [6.07, 6.45) is 2.49. The molecule has 0 radical (unpaired) electrons. The zero-order valence-electron chi connectivity index (χ0n) is 6.97. The van der Waals surface area contributed by atoms with Crippen LogP contribution in [0.25, 0.3) is 0 Å². The molecule has 1 aromatic heterocycles. The first-order valence-corrected chi connectivity index (χ1v) is 3.77. The maximum atomic E-state index is 10.9. The van der Waals surface area contributed by atoms with Gasteiger partial charge in [-0.3, -0.25) is 20.2 Å². The fraction of sp³-hybridized carbons (Fsp3) is 0.167. The Hall–Kier alpha value is -2.25. The molecular weight excluding hydrogens is 188 g/mol. The zero-order chi connectivity index (χ0) is 9.97. The lowest BCUT2D eigenvalue weighted by molar-refractivity contribution is -0.129. The predicted octanol–water partition coefficient (Wildman–Crippen LogP) is -1.97. The van der Waals surface area contributed by atoms with E-state index >= 15 is 0 Å². The molecule has 1 aliphatic rings. The van der Waals surface area contributed by atoms with E-state index < -0.39 is 0 Å². The number of nitrogens with zero attached hydrogens (tertiary/aromatic N) is 4. The largest absolute Gasteiger partial charge is 0.294 e. The third kappa shape index (κ3) is 1.73. The Morgan fingerprint density at radius 2 is 1.79 bits per heavy atom. The van der Waals surface area contributed by atoms with Crippen molar-refractivity contribution in [3.8, 4) is 0 Å². The number of carbonyl (C=O) groups is 2. The minimum atomic E-state index is -0.388. The first kappa shape index (κ1) is 8.35. The number of hydrogen-bond donors (Lipinski definition) is 2. The van der Waals surface area contributed by atoms with Crippen molar-refractivity contribution in [2.45, 2.75) is 6.42 Å². The van der Waals surface area contributed by atoms with Crippen LogP contribution in [0, 0.1) is 0 Å². The average Bonchev–Trinajstić information content (AvgIpc) is 2.54. The van der Waals surface area contributed by atoms with Crippen LogP contribution in [0.15, 0.2) is 17.8 Å². The van der Waals surface area contributed by atoms with Crippen molar-refractivity contribution in [3.63, 3.8) is 0 Å². The number of carbonyl (C=O) groups excluding carboxylic acids is 2. The van der Waals surface area contributed by atoms with Gasteiger partial charge in [0.15, 0.2) is 0 Å². The molecule has 0 saturated carbocycles. The molecule has 8 nitrogen and oxygen atoms in total. The molecule has 1 saturated heterocycles. The summed E-state index contributed by atoms with van der Waals surface area (Å²) in [6, 6.07) is 0. The summed E-state index contributed by atoms with van der Waals surface area (Å²) in [7, 11) is 0. The first-order chi connectivity index (χ1) is 6.74. The second-order valence-corrected chi connectivity index (χ2v) is 2.56. The van der Waals surface area contributed by atoms with Gasteiger partial charge in [0.25, 0.3) is 0 Å². The van der Waals surface area contributed by atoms with Crippen LogP contribution >= 0.6 is 0 Å². The van der Waals surface area contributed by atoms with Crippen molar-refractivity contribution < 1.29 is 9.59 Å². The van der Waals surface area contributed by atoms with Gasteiger partial charge in [0.2, 0.25) is 17.8 Å². The van der Waals surface area contributed by atoms with Crippen LogP contribution < -0.4 is 10.6 Å². The van der Waals surface area contributed by atoms with Crippen LogP contribution in [-0.2, 0) is 9.59 Å². The molecule has 2 amide bonds. The van der Waals surface area contributed by atoms with Gasteiger partial charge in [-0.1, -0.05) is 0 Å². The highest BCUT2D eigenvalue weighted by Gasteiger charge is 2.19. The summed E-state index contributed by atoms with van der Waals surface area (Å²) < 4.78 is 1.27. The van der Waals surface area contributed by atoms with E-state index in [9.17, 15) is 9.59 Å². The van der Waals surface area contributed by atoms with E-state index in [1.807, 2.05) is 0 Å². The highest BCUT2D eigenvalue weighted by Crippen LogP contribution is 1.89. The van der Waals surface area contributed by atoms with E-state index in [0.717, 1.165) is 0 Å². The van der Waals surface area contributed by atoms with Crippen LogP contribution in [0.1, 0.15) is 6.42 Å². The third-order valence-corrected chi connectivity index (χ3v) is 1.46.